The minimum atomic E-state index is -0.547. The summed E-state index contributed by atoms with van der Waals surface area (Å²) in [5.74, 6) is 0.260. The second kappa shape index (κ2) is 8.62. The Balaban J connectivity index is 1.67. The minimum Gasteiger partial charge on any atom is -0.462 e. The molecule has 0 atom stereocenters. The predicted octanol–water partition coefficient (Wildman–Crippen LogP) is 4.35. The van der Waals surface area contributed by atoms with E-state index in [4.69, 9.17) is 13.9 Å². The lowest BCUT2D eigenvalue weighted by atomic mass is 10.1. The van der Waals surface area contributed by atoms with E-state index in [1.807, 2.05) is 30.3 Å². The van der Waals surface area contributed by atoms with Gasteiger partial charge in [-0.2, -0.15) is 0 Å². The normalized spacial score (nSPS) is 13.6. The van der Waals surface area contributed by atoms with Crippen LogP contribution in [0.1, 0.15) is 17.3 Å². The first-order valence-electron chi connectivity index (χ1n) is 9.48. The Morgan fingerprint density at radius 3 is 2.67 bits per heavy atom. The van der Waals surface area contributed by atoms with Crippen molar-refractivity contribution in [2.24, 2.45) is 0 Å². The van der Waals surface area contributed by atoms with Gasteiger partial charge in [0.1, 0.15) is 29.2 Å². The number of esters is 2. The SMILES string of the molecule is CCOC(=O)c1c(-c2ccccc2)oc2ccc(OC(=O)CN3CCSC3=O)cc12. The lowest BCUT2D eigenvalue weighted by Gasteiger charge is -2.13. The summed E-state index contributed by atoms with van der Waals surface area (Å²) in [5, 5.41) is 0.361. The maximum absolute atomic E-state index is 12.7. The van der Waals surface area contributed by atoms with Crippen molar-refractivity contribution in [1.29, 1.82) is 0 Å². The van der Waals surface area contributed by atoms with Crippen molar-refractivity contribution in [1.82, 2.24) is 4.90 Å². The van der Waals surface area contributed by atoms with Crippen LogP contribution in [0.2, 0.25) is 0 Å². The molecule has 8 heteroatoms. The summed E-state index contributed by atoms with van der Waals surface area (Å²) >= 11 is 1.18. The van der Waals surface area contributed by atoms with E-state index < -0.39 is 11.9 Å². The van der Waals surface area contributed by atoms with Gasteiger partial charge in [-0.1, -0.05) is 42.1 Å². The first-order valence-corrected chi connectivity index (χ1v) is 10.5. The first-order chi connectivity index (χ1) is 14.6. The molecule has 7 nitrogen and oxygen atoms in total. The monoisotopic (exact) mass is 425 g/mol. The Morgan fingerprint density at radius 1 is 1.17 bits per heavy atom. The van der Waals surface area contributed by atoms with Crippen LogP contribution in [0.4, 0.5) is 4.79 Å². The molecule has 0 saturated carbocycles. The maximum Gasteiger partial charge on any atom is 0.342 e. The van der Waals surface area contributed by atoms with E-state index in [-0.39, 0.29) is 29.7 Å². The summed E-state index contributed by atoms with van der Waals surface area (Å²) in [6, 6.07) is 14.1. The largest absolute Gasteiger partial charge is 0.462 e. The molecular formula is C22H19NO6S. The highest BCUT2D eigenvalue weighted by Crippen LogP contribution is 2.36. The van der Waals surface area contributed by atoms with Crippen LogP contribution in [0.25, 0.3) is 22.3 Å². The van der Waals surface area contributed by atoms with Crippen LogP contribution < -0.4 is 4.74 Å². The number of amides is 1. The van der Waals surface area contributed by atoms with E-state index in [1.54, 1.807) is 25.1 Å². The molecule has 0 bridgehead atoms. The maximum atomic E-state index is 12.7. The first kappa shape index (κ1) is 20.0. The topological polar surface area (TPSA) is 86.1 Å². The molecule has 2 aromatic carbocycles. The lowest BCUT2D eigenvalue weighted by Crippen LogP contribution is -2.32. The fourth-order valence-corrected chi connectivity index (χ4v) is 4.05. The molecule has 1 fully saturated rings. The van der Waals surface area contributed by atoms with Gasteiger partial charge >= 0.3 is 11.9 Å². The number of hydrogen-bond acceptors (Lipinski definition) is 7. The Bertz CT molecular complexity index is 1110. The summed E-state index contributed by atoms with van der Waals surface area (Å²) in [4.78, 5) is 38.1. The molecule has 1 aliphatic rings. The van der Waals surface area contributed by atoms with Crippen LogP contribution >= 0.6 is 11.8 Å². The molecule has 0 radical (unpaired) electrons. The smallest absolute Gasteiger partial charge is 0.342 e. The molecule has 2 heterocycles. The van der Waals surface area contributed by atoms with Gasteiger partial charge in [-0.25, -0.2) is 9.59 Å². The number of ether oxygens (including phenoxy) is 2. The van der Waals surface area contributed by atoms with E-state index in [0.29, 0.717) is 29.0 Å². The van der Waals surface area contributed by atoms with Crippen LogP contribution in [0.15, 0.2) is 52.9 Å². The molecule has 1 amide bonds. The zero-order valence-electron chi connectivity index (χ0n) is 16.3. The van der Waals surface area contributed by atoms with Crippen LogP contribution in [0.3, 0.4) is 0 Å². The van der Waals surface area contributed by atoms with E-state index >= 15 is 0 Å². The zero-order valence-corrected chi connectivity index (χ0v) is 17.1. The number of thioether (sulfide) groups is 1. The Labute approximate surface area is 176 Å². The van der Waals surface area contributed by atoms with E-state index in [9.17, 15) is 14.4 Å². The van der Waals surface area contributed by atoms with Crippen LogP contribution in [0, 0.1) is 0 Å². The second-order valence-electron chi connectivity index (χ2n) is 6.56. The number of benzene rings is 2. The molecule has 0 unspecified atom stereocenters. The average Bonchev–Trinajstić information content (AvgIpc) is 3.32. The van der Waals surface area contributed by atoms with E-state index in [2.05, 4.69) is 0 Å². The third-order valence-corrected chi connectivity index (χ3v) is 5.46. The van der Waals surface area contributed by atoms with Crippen molar-refractivity contribution in [2.75, 3.05) is 25.4 Å². The number of furan rings is 1. The van der Waals surface area contributed by atoms with Gasteiger partial charge in [-0.15, -0.1) is 0 Å². The molecule has 1 saturated heterocycles. The van der Waals surface area contributed by atoms with Crippen molar-refractivity contribution in [3.05, 3.63) is 54.1 Å². The van der Waals surface area contributed by atoms with Crippen molar-refractivity contribution in [3.8, 4) is 17.1 Å². The molecule has 1 aliphatic heterocycles. The molecule has 0 spiro atoms. The number of carbonyl (C=O) groups excluding carboxylic acids is 3. The summed E-state index contributed by atoms with van der Waals surface area (Å²) < 4.78 is 16.6. The molecule has 3 aromatic rings. The third kappa shape index (κ3) is 4.04. The van der Waals surface area contributed by atoms with Crippen molar-refractivity contribution in [3.63, 3.8) is 0 Å². The Kier molecular flexibility index (Phi) is 5.76. The van der Waals surface area contributed by atoms with Crippen LogP contribution in [0.5, 0.6) is 5.75 Å². The van der Waals surface area contributed by atoms with Gasteiger partial charge in [0.2, 0.25) is 0 Å². The number of carbonyl (C=O) groups is 3. The zero-order chi connectivity index (χ0) is 21.1. The molecule has 0 aliphatic carbocycles. The number of fused-ring (bicyclic) bond motifs is 1. The van der Waals surface area contributed by atoms with E-state index in [0.717, 1.165) is 5.56 Å². The number of nitrogens with zero attached hydrogens (tertiary/aromatic N) is 1. The summed E-state index contributed by atoms with van der Waals surface area (Å²) in [5.41, 5.74) is 1.49. The molecule has 4 rings (SSSR count). The highest BCUT2D eigenvalue weighted by atomic mass is 32.2. The van der Waals surface area contributed by atoms with E-state index in [1.165, 1.54) is 16.7 Å². The standard InChI is InChI=1S/C22H19NO6S/c1-2-27-21(25)19-16-12-15(28-18(24)13-23-10-11-30-22(23)26)8-9-17(16)29-20(19)14-6-4-3-5-7-14/h3-9,12H,2,10-11,13H2,1H3. The van der Waals surface area contributed by atoms with Crippen molar-refractivity contribution < 1.29 is 28.3 Å². The minimum absolute atomic E-state index is 0.116. The van der Waals surface area contributed by atoms with Gasteiger partial charge in [-0.3, -0.25) is 4.79 Å². The summed E-state index contributed by atoms with van der Waals surface area (Å²) in [6.07, 6.45) is 0. The molecule has 1 aromatic heterocycles. The quantitative estimate of drug-likeness (QED) is 0.429. The predicted molar refractivity (Wildman–Crippen MR) is 113 cm³/mol. The highest BCUT2D eigenvalue weighted by molar-refractivity contribution is 8.13. The third-order valence-electron chi connectivity index (χ3n) is 4.57. The fourth-order valence-electron chi connectivity index (χ4n) is 3.23. The van der Waals surface area contributed by atoms with Gasteiger partial charge in [0, 0.05) is 23.2 Å². The van der Waals surface area contributed by atoms with Gasteiger partial charge in [-0.05, 0) is 25.1 Å². The summed E-state index contributed by atoms with van der Waals surface area (Å²) in [6.45, 7) is 2.35. The molecule has 154 valence electrons. The fraction of sp³-hybridized carbons (Fsp3) is 0.227. The Hall–Kier alpha value is -3.26. The van der Waals surface area contributed by atoms with Gasteiger partial charge in [0.05, 0.1) is 6.61 Å². The average molecular weight is 425 g/mol. The van der Waals surface area contributed by atoms with Crippen molar-refractivity contribution >= 4 is 39.9 Å². The van der Waals surface area contributed by atoms with Crippen LogP contribution in [-0.4, -0.2) is 47.5 Å². The van der Waals surface area contributed by atoms with Crippen LogP contribution in [-0.2, 0) is 9.53 Å². The number of hydrogen-bond donors (Lipinski definition) is 0. The van der Waals surface area contributed by atoms with Gasteiger partial charge < -0.3 is 18.8 Å². The Morgan fingerprint density at radius 2 is 1.97 bits per heavy atom. The molecule has 30 heavy (non-hydrogen) atoms. The molecular weight excluding hydrogens is 406 g/mol. The molecule has 0 N–H and O–H groups in total. The van der Waals surface area contributed by atoms with Crippen molar-refractivity contribution in [2.45, 2.75) is 6.92 Å². The summed E-state index contributed by atoms with van der Waals surface area (Å²) in [7, 11) is 0. The van der Waals surface area contributed by atoms with Gasteiger partial charge in [0.25, 0.3) is 5.24 Å². The highest BCUT2D eigenvalue weighted by Gasteiger charge is 2.26. The lowest BCUT2D eigenvalue weighted by molar-refractivity contribution is -0.134. The number of rotatable bonds is 6. The second-order valence-corrected chi connectivity index (χ2v) is 7.61. The van der Waals surface area contributed by atoms with Gasteiger partial charge in [0.15, 0.2) is 0 Å².